The molecule has 0 aliphatic carbocycles. The number of rotatable bonds is 6. The van der Waals surface area contributed by atoms with Gasteiger partial charge in [-0.3, -0.25) is 9.59 Å². The molecule has 2 rings (SSSR count). The number of hydrogen-bond acceptors (Lipinski definition) is 5. The minimum absolute atomic E-state index is 0.00645. The minimum Gasteiger partial charge on any atom is -0.444 e. The lowest BCUT2D eigenvalue weighted by molar-refractivity contribution is -0.125. The van der Waals surface area contributed by atoms with Crippen LogP contribution in [0.4, 0.5) is 5.69 Å². The van der Waals surface area contributed by atoms with Crippen LogP contribution in [0.25, 0.3) is 11.5 Å². The van der Waals surface area contributed by atoms with E-state index in [1.807, 2.05) is 33.8 Å². The summed E-state index contributed by atoms with van der Waals surface area (Å²) in [5, 5.41) is 5.28. The van der Waals surface area contributed by atoms with Crippen molar-refractivity contribution in [2.75, 3.05) is 11.9 Å². The van der Waals surface area contributed by atoms with E-state index in [9.17, 15) is 9.59 Å². The lowest BCUT2D eigenvalue weighted by Crippen LogP contribution is -2.46. The van der Waals surface area contributed by atoms with Crippen LogP contribution >= 0.6 is 0 Å². The molecule has 7 heteroatoms. The van der Waals surface area contributed by atoms with Gasteiger partial charge in [-0.05, 0) is 37.5 Å². The molecule has 0 bridgehead atoms. The Hall–Kier alpha value is -2.67. The zero-order valence-corrected chi connectivity index (χ0v) is 14.9. The van der Waals surface area contributed by atoms with Crippen molar-refractivity contribution >= 4 is 17.5 Å². The predicted octanol–water partition coefficient (Wildman–Crippen LogP) is 2.00. The van der Waals surface area contributed by atoms with Crippen molar-refractivity contribution in [2.24, 2.45) is 11.7 Å². The molecule has 1 aromatic heterocycles. The van der Waals surface area contributed by atoms with E-state index in [0.29, 0.717) is 11.6 Å². The standard InChI is InChI=1S/C18H24N4O3/c1-10(2)16(19)17(24)20-8-15(23)22-13-6-5-11(3)14(7-13)18-21-12(4)9-25-18/h5-7,9-10,16H,8,19H2,1-4H3,(H,20,24)(H,22,23)/t16-/m0/s1. The number of nitrogens with two attached hydrogens (primary N) is 1. The van der Waals surface area contributed by atoms with E-state index < -0.39 is 6.04 Å². The average molecular weight is 344 g/mol. The average Bonchev–Trinajstić information content (AvgIpc) is 2.99. The number of benzene rings is 1. The quantitative estimate of drug-likeness (QED) is 0.742. The molecular weight excluding hydrogens is 320 g/mol. The first-order valence-electron chi connectivity index (χ1n) is 8.14. The number of amides is 2. The molecule has 1 aromatic carbocycles. The second-order valence-electron chi connectivity index (χ2n) is 6.36. The zero-order valence-electron chi connectivity index (χ0n) is 14.9. The number of nitrogens with zero attached hydrogens (tertiary/aromatic N) is 1. The van der Waals surface area contributed by atoms with Crippen LogP contribution in [0, 0.1) is 19.8 Å². The Morgan fingerprint density at radius 3 is 2.60 bits per heavy atom. The van der Waals surface area contributed by atoms with Gasteiger partial charge in [-0.25, -0.2) is 4.98 Å². The normalized spacial score (nSPS) is 12.1. The Kier molecular flexibility index (Phi) is 5.93. The highest BCUT2D eigenvalue weighted by Gasteiger charge is 2.17. The smallest absolute Gasteiger partial charge is 0.243 e. The van der Waals surface area contributed by atoms with Crippen molar-refractivity contribution in [1.29, 1.82) is 0 Å². The Labute approximate surface area is 147 Å². The first-order chi connectivity index (χ1) is 11.8. The van der Waals surface area contributed by atoms with Gasteiger partial charge in [0.15, 0.2) is 0 Å². The van der Waals surface area contributed by atoms with Gasteiger partial charge >= 0.3 is 0 Å². The minimum atomic E-state index is -0.632. The fourth-order valence-corrected chi connectivity index (χ4v) is 2.20. The Morgan fingerprint density at radius 1 is 1.28 bits per heavy atom. The summed E-state index contributed by atoms with van der Waals surface area (Å²) >= 11 is 0. The molecule has 0 aliphatic heterocycles. The number of nitrogens with one attached hydrogen (secondary N) is 2. The number of carbonyl (C=O) groups excluding carboxylic acids is 2. The Balaban J connectivity index is 2.01. The molecule has 0 unspecified atom stereocenters. The fourth-order valence-electron chi connectivity index (χ4n) is 2.20. The van der Waals surface area contributed by atoms with Crippen molar-refractivity contribution in [2.45, 2.75) is 33.7 Å². The molecule has 7 nitrogen and oxygen atoms in total. The van der Waals surface area contributed by atoms with Crippen LogP contribution < -0.4 is 16.4 Å². The summed E-state index contributed by atoms with van der Waals surface area (Å²) in [4.78, 5) is 28.1. The lowest BCUT2D eigenvalue weighted by Gasteiger charge is -2.15. The third-order valence-corrected chi connectivity index (χ3v) is 3.81. The molecule has 0 saturated carbocycles. The number of carbonyl (C=O) groups is 2. The number of aryl methyl sites for hydroxylation is 2. The topological polar surface area (TPSA) is 110 Å². The van der Waals surface area contributed by atoms with Crippen LogP contribution in [-0.2, 0) is 9.59 Å². The molecule has 25 heavy (non-hydrogen) atoms. The summed E-state index contributed by atoms with van der Waals surface area (Å²) in [7, 11) is 0. The van der Waals surface area contributed by atoms with Gasteiger partial charge in [-0.15, -0.1) is 0 Å². The van der Waals surface area contributed by atoms with Gasteiger partial charge in [0.05, 0.1) is 18.3 Å². The van der Waals surface area contributed by atoms with E-state index in [1.54, 1.807) is 18.4 Å². The monoisotopic (exact) mass is 344 g/mol. The number of oxazole rings is 1. The molecule has 2 aromatic rings. The molecule has 0 spiro atoms. The largest absolute Gasteiger partial charge is 0.444 e. The van der Waals surface area contributed by atoms with E-state index in [-0.39, 0.29) is 24.3 Å². The van der Waals surface area contributed by atoms with E-state index in [2.05, 4.69) is 15.6 Å². The molecule has 0 fully saturated rings. The third-order valence-electron chi connectivity index (χ3n) is 3.81. The zero-order chi connectivity index (χ0) is 18.6. The highest BCUT2D eigenvalue weighted by molar-refractivity contribution is 5.95. The van der Waals surface area contributed by atoms with E-state index >= 15 is 0 Å². The second-order valence-corrected chi connectivity index (χ2v) is 6.36. The van der Waals surface area contributed by atoms with Crippen LogP contribution in [-0.4, -0.2) is 29.4 Å². The molecule has 1 heterocycles. The summed E-state index contributed by atoms with van der Waals surface area (Å²) in [6.45, 7) is 7.35. The van der Waals surface area contributed by atoms with Crippen molar-refractivity contribution < 1.29 is 14.0 Å². The molecule has 134 valence electrons. The van der Waals surface area contributed by atoms with E-state index in [4.69, 9.17) is 10.2 Å². The molecule has 0 aliphatic rings. The van der Waals surface area contributed by atoms with Gasteiger partial charge in [-0.2, -0.15) is 0 Å². The third kappa shape index (κ3) is 4.90. The second kappa shape index (κ2) is 7.94. The SMILES string of the molecule is Cc1coc(-c2cc(NC(=O)CNC(=O)[C@@H](N)C(C)C)ccc2C)n1. The number of aromatic nitrogens is 1. The highest BCUT2D eigenvalue weighted by Crippen LogP contribution is 2.26. The van der Waals surface area contributed by atoms with Gasteiger partial charge in [0.25, 0.3) is 0 Å². The van der Waals surface area contributed by atoms with Gasteiger partial charge in [0.2, 0.25) is 17.7 Å². The first-order valence-corrected chi connectivity index (χ1v) is 8.14. The van der Waals surface area contributed by atoms with E-state index in [1.165, 1.54) is 0 Å². The number of hydrogen-bond donors (Lipinski definition) is 3. The van der Waals surface area contributed by atoms with Crippen LogP contribution in [0.2, 0.25) is 0 Å². The van der Waals surface area contributed by atoms with Crippen molar-refractivity contribution in [3.8, 4) is 11.5 Å². The summed E-state index contributed by atoms with van der Waals surface area (Å²) < 4.78 is 5.42. The van der Waals surface area contributed by atoms with Gasteiger partial charge in [-0.1, -0.05) is 19.9 Å². The Morgan fingerprint density at radius 2 is 2.00 bits per heavy atom. The van der Waals surface area contributed by atoms with E-state index in [0.717, 1.165) is 16.8 Å². The van der Waals surface area contributed by atoms with Crippen molar-refractivity contribution in [3.63, 3.8) is 0 Å². The van der Waals surface area contributed by atoms with Crippen LogP contribution in [0.3, 0.4) is 0 Å². The lowest BCUT2D eigenvalue weighted by atomic mass is 10.1. The summed E-state index contributed by atoms with van der Waals surface area (Å²) in [5.74, 6) is -0.165. The molecule has 0 saturated heterocycles. The van der Waals surface area contributed by atoms with Gasteiger partial charge in [0, 0.05) is 11.3 Å². The van der Waals surface area contributed by atoms with Crippen molar-refractivity contribution in [1.82, 2.24) is 10.3 Å². The van der Waals surface area contributed by atoms with Crippen molar-refractivity contribution in [3.05, 3.63) is 35.7 Å². The summed E-state index contributed by atoms with van der Waals surface area (Å²) in [6.07, 6.45) is 1.58. The molecule has 0 radical (unpaired) electrons. The molecule has 4 N–H and O–H groups in total. The maximum absolute atomic E-state index is 12.0. The summed E-state index contributed by atoms with van der Waals surface area (Å²) in [6, 6.07) is 4.82. The predicted molar refractivity (Wildman–Crippen MR) is 95.9 cm³/mol. The molecule has 1 atom stereocenters. The molecule has 2 amide bonds. The van der Waals surface area contributed by atoms with Gasteiger partial charge < -0.3 is 20.8 Å². The highest BCUT2D eigenvalue weighted by atomic mass is 16.3. The number of anilines is 1. The fraction of sp³-hybridized carbons (Fsp3) is 0.389. The van der Waals surface area contributed by atoms with Crippen LogP contribution in [0.5, 0.6) is 0 Å². The van der Waals surface area contributed by atoms with Gasteiger partial charge in [0.1, 0.15) is 6.26 Å². The Bertz CT molecular complexity index is 767. The molecular formula is C18H24N4O3. The maximum Gasteiger partial charge on any atom is 0.243 e. The summed E-state index contributed by atoms with van der Waals surface area (Å²) in [5.41, 5.74) is 8.91. The van der Waals surface area contributed by atoms with Crippen LogP contribution in [0.15, 0.2) is 28.9 Å². The first kappa shape index (κ1) is 18.7. The maximum atomic E-state index is 12.0. The van der Waals surface area contributed by atoms with Crippen LogP contribution in [0.1, 0.15) is 25.1 Å².